The van der Waals surface area contributed by atoms with Gasteiger partial charge in [-0.3, -0.25) is 9.59 Å². The molecular formula is C31H45FN4O2. The van der Waals surface area contributed by atoms with Crippen molar-refractivity contribution in [2.24, 2.45) is 23.7 Å². The van der Waals surface area contributed by atoms with Gasteiger partial charge in [-0.15, -0.1) is 0 Å². The summed E-state index contributed by atoms with van der Waals surface area (Å²) in [6.45, 7) is 7.20. The third kappa shape index (κ3) is 5.23. The van der Waals surface area contributed by atoms with Crippen molar-refractivity contribution in [3.05, 3.63) is 35.8 Å². The molecule has 6 nitrogen and oxygen atoms in total. The second-order valence-corrected chi connectivity index (χ2v) is 12.5. The molecule has 1 aromatic heterocycles. The summed E-state index contributed by atoms with van der Waals surface area (Å²) in [6, 6.07) is 4.27. The molecule has 2 amide bonds. The van der Waals surface area contributed by atoms with E-state index in [4.69, 9.17) is 0 Å². The topological polar surface area (TPSA) is 77.2 Å². The molecule has 2 heterocycles. The Morgan fingerprint density at radius 1 is 1.05 bits per heavy atom. The van der Waals surface area contributed by atoms with Gasteiger partial charge in [0.15, 0.2) is 0 Å². The number of carbonyl (C=O) groups excluding carboxylic acids is 2. The molecule has 3 N–H and O–H groups in total. The molecule has 38 heavy (non-hydrogen) atoms. The Morgan fingerprint density at radius 2 is 1.82 bits per heavy atom. The van der Waals surface area contributed by atoms with Gasteiger partial charge in [0, 0.05) is 35.6 Å². The minimum absolute atomic E-state index is 0.0972. The summed E-state index contributed by atoms with van der Waals surface area (Å²) in [6.07, 6.45) is 10.6. The number of H-pyrrole nitrogens is 1. The average Bonchev–Trinajstić information content (AvgIpc) is 3.54. The van der Waals surface area contributed by atoms with Gasteiger partial charge in [0.1, 0.15) is 11.9 Å². The molecule has 5 rings (SSSR count). The number of fused-ring (bicyclic) bond motifs is 2. The van der Waals surface area contributed by atoms with E-state index in [1.165, 1.54) is 18.1 Å². The standard InChI is InChI=1S/C31H45FN4O2/c1-18(2)22-14-21-12-13-36(29(21)25(15-22)26-17-34-27-16-23(32)10-11-24(26)27)31(38)28(20-8-6-5-7-9-20)35-30(37)19(3)33-4/h10-11,16-22,25,28-29,33-34H,5-9,12-15H2,1-4H3,(H,35,37)/t19-,21-,22?,25+,28-,29-/m0/s1. The number of hydrogen-bond donors (Lipinski definition) is 3. The first kappa shape index (κ1) is 27.2. The van der Waals surface area contributed by atoms with Crippen molar-refractivity contribution in [2.75, 3.05) is 13.6 Å². The SMILES string of the molecule is CN[C@@H](C)C(=O)N[C@H](C(=O)N1CC[C@H]2CC(C(C)C)C[C@H](c3c[nH]c4cc(F)ccc34)[C@H]21)C1CCCCC1. The molecular weight excluding hydrogens is 479 g/mol. The van der Waals surface area contributed by atoms with Crippen molar-refractivity contribution in [3.8, 4) is 0 Å². The number of amides is 2. The van der Waals surface area contributed by atoms with Crippen LogP contribution in [0.15, 0.2) is 24.4 Å². The highest BCUT2D eigenvalue weighted by atomic mass is 19.1. The minimum Gasteiger partial charge on any atom is -0.361 e. The molecule has 6 atom stereocenters. The van der Waals surface area contributed by atoms with Crippen LogP contribution in [0.25, 0.3) is 10.9 Å². The zero-order valence-electron chi connectivity index (χ0n) is 23.4. The molecule has 0 spiro atoms. The number of likely N-dealkylation sites (N-methyl/N-ethyl adjacent to an activating group) is 1. The molecule has 3 aliphatic rings. The predicted molar refractivity (Wildman–Crippen MR) is 149 cm³/mol. The summed E-state index contributed by atoms with van der Waals surface area (Å²) in [4.78, 5) is 32.9. The van der Waals surface area contributed by atoms with Crippen LogP contribution in [0.4, 0.5) is 4.39 Å². The van der Waals surface area contributed by atoms with E-state index < -0.39 is 6.04 Å². The van der Waals surface area contributed by atoms with Gasteiger partial charge in [-0.1, -0.05) is 33.1 Å². The van der Waals surface area contributed by atoms with Gasteiger partial charge < -0.3 is 20.5 Å². The van der Waals surface area contributed by atoms with Crippen molar-refractivity contribution in [1.29, 1.82) is 0 Å². The van der Waals surface area contributed by atoms with E-state index in [0.29, 0.717) is 17.8 Å². The van der Waals surface area contributed by atoms with Gasteiger partial charge in [0.2, 0.25) is 11.8 Å². The monoisotopic (exact) mass is 524 g/mol. The Bertz CT molecular complexity index is 1140. The summed E-state index contributed by atoms with van der Waals surface area (Å²) in [5.74, 6) is 1.72. The Labute approximate surface area is 226 Å². The first-order chi connectivity index (χ1) is 18.3. The molecule has 0 bridgehead atoms. The maximum absolute atomic E-state index is 14.4. The van der Waals surface area contributed by atoms with Crippen molar-refractivity contribution in [2.45, 2.75) is 96.2 Å². The van der Waals surface area contributed by atoms with E-state index in [-0.39, 0.29) is 41.6 Å². The third-order valence-electron chi connectivity index (χ3n) is 9.97. The lowest BCUT2D eigenvalue weighted by atomic mass is 9.66. The van der Waals surface area contributed by atoms with E-state index in [0.717, 1.165) is 62.4 Å². The summed E-state index contributed by atoms with van der Waals surface area (Å²) < 4.78 is 14.0. The number of aromatic nitrogens is 1. The lowest BCUT2D eigenvalue weighted by Gasteiger charge is -2.44. The van der Waals surface area contributed by atoms with Crippen LogP contribution < -0.4 is 10.6 Å². The Hall–Kier alpha value is -2.41. The van der Waals surface area contributed by atoms with Crippen LogP contribution in [-0.2, 0) is 9.59 Å². The average molecular weight is 525 g/mol. The molecule has 1 aliphatic heterocycles. The zero-order chi connectivity index (χ0) is 27.0. The quantitative estimate of drug-likeness (QED) is 0.457. The largest absolute Gasteiger partial charge is 0.361 e. The van der Waals surface area contributed by atoms with E-state index in [9.17, 15) is 14.0 Å². The van der Waals surface area contributed by atoms with Gasteiger partial charge in [0.05, 0.1) is 6.04 Å². The highest BCUT2D eigenvalue weighted by Crippen LogP contribution is 2.50. The number of likely N-dealkylation sites (tertiary alicyclic amines) is 1. The van der Waals surface area contributed by atoms with E-state index in [2.05, 4.69) is 34.4 Å². The highest BCUT2D eigenvalue weighted by Gasteiger charge is 2.49. The number of nitrogens with zero attached hydrogens (tertiary/aromatic N) is 1. The number of halogens is 1. The number of hydrogen-bond acceptors (Lipinski definition) is 3. The Morgan fingerprint density at radius 3 is 2.53 bits per heavy atom. The second kappa shape index (κ2) is 11.4. The van der Waals surface area contributed by atoms with Crippen LogP contribution in [0.3, 0.4) is 0 Å². The van der Waals surface area contributed by atoms with Gasteiger partial charge in [-0.05, 0) is 93.5 Å². The summed E-state index contributed by atoms with van der Waals surface area (Å²) in [7, 11) is 1.78. The molecule has 208 valence electrons. The number of carbonyl (C=O) groups is 2. The van der Waals surface area contributed by atoms with Crippen molar-refractivity contribution in [3.63, 3.8) is 0 Å². The summed E-state index contributed by atoms with van der Waals surface area (Å²) in [5.41, 5.74) is 2.01. The van der Waals surface area contributed by atoms with Crippen LogP contribution in [-0.4, -0.2) is 53.4 Å². The molecule has 1 aromatic carbocycles. The maximum atomic E-state index is 14.4. The molecule has 1 saturated heterocycles. The molecule has 3 fully saturated rings. The van der Waals surface area contributed by atoms with Crippen LogP contribution >= 0.6 is 0 Å². The molecule has 1 unspecified atom stereocenters. The first-order valence-corrected chi connectivity index (χ1v) is 14.8. The maximum Gasteiger partial charge on any atom is 0.245 e. The normalized spacial score (nSPS) is 27.9. The fourth-order valence-electron chi connectivity index (χ4n) is 7.61. The van der Waals surface area contributed by atoms with Gasteiger partial charge in [0.25, 0.3) is 0 Å². The Balaban J connectivity index is 1.48. The van der Waals surface area contributed by atoms with E-state index in [1.807, 2.05) is 19.2 Å². The summed E-state index contributed by atoms with van der Waals surface area (Å²) in [5, 5.41) is 7.26. The van der Waals surface area contributed by atoms with Gasteiger partial charge >= 0.3 is 0 Å². The van der Waals surface area contributed by atoms with Crippen LogP contribution in [0.5, 0.6) is 0 Å². The third-order valence-corrected chi connectivity index (χ3v) is 9.97. The van der Waals surface area contributed by atoms with Gasteiger partial charge in [-0.2, -0.15) is 0 Å². The number of aromatic amines is 1. The van der Waals surface area contributed by atoms with Crippen molar-refractivity contribution < 1.29 is 14.0 Å². The lowest BCUT2D eigenvalue weighted by molar-refractivity contribution is -0.140. The van der Waals surface area contributed by atoms with Crippen LogP contribution in [0.2, 0.25) is 0 Å². The van der Waals surface area contributed by atoms with E-state index in [1.54, 1.807) is 13.1 Å². The summed E-state index contributed by atoms with van der Waals surface area (Å²) >= 11 is 0. The van der Waals surface area contributed by atoms with Crippen LogP contribution in [0, 0.1) is 29.5 Å². The smallest absolute Gasteiger partial charge is 0.245 e. The molecule has 0 radical (unpaired) electrons. The van der Waals surface area contributed by atoms with Crippen molar-refractivity contribution in [1.82, 2.24) is 20.5 Å². The van der Waals surface area contributed by atoms with Crippen molar-refractivity contribution >= 4 is 22.7 Å². The van der Waals surface area contributed by atoms with E-state index >= 15 is 0 Å². The molecule has 7 heteroatoms. The lowest BCUT2D eigenvalue weighted by Crippen LogP contribution is -2.58. The molecule has 2 aromatic rings. The highest BCUT2D eigenvalue weighted by molar-refractivity contribution is 5.90. The number of benzene rings is 1. The second-order valence-electron chi connectivity index (χ2n) is 12.5. The number of rotatable bonds is 7. The Kier molecular flexibility index (Phi) is 8.13. The fraction of sp³-hybridized carbons (Fsp3) is 0.677. The minimum atomic E-state index is -0.474. The molecule has 2 saturated carbocycles. The van der Waals surface area contributed by atoms with Gasteiger partial charge in [-0.25, -0.2) is 4.39 Å². The fourth-order valence-corrected chi connectivity index (χ4v) is 7.61. The van der Waals surface area contributed by atoms with Crippen LogP contribution in [0.1, 0.15) is 83.6 Å². The molecule has 2 aliphatic carbocycles. The predicted octanol–water partition coefficient (Wildman–Crippen LogP) is 5.35. The zero-order valence-corrected chi connectivity index (χ0v) is 23.4. The number of nitrogens with one attached hydrogen (secondary N) is 3. The first-order valence-electron chi connectivity index (χ1n) is 14.8.